The number of esters is 2. The average Bonchev–Trinajstić information content (AvgIpc) is 2.26. The summed E-state index contributed by atoms with van der Waals surface area (Å²) in [5.74, 6) is -4.06. The van der Waals surface area contributed by atoms with Gasteiger partial charge in [0.1, 0.15) is 6.61 Å². The molecule has 0 saturated carbocycles. The summed E-state index contributed by atoms with van der Waals surface area (Å²) in [4.78, 5) is 22.3. The molecule has 0 aromatic heterocycles. The van der Waals surface area contributed by atoms with Crippen molar-refractivity contribution in [3.05, 3.63) is 0 Å². The lowest BCUT2D eigenvalue weighted by atomic mass is 10.1. The highest BCUT2D eigenvalue weighted by atomic mass is 19.3. The highest BCUT2D eigenvalue weighted by Crippen LogP contribution is 2.16. The van der Waals surface area contributed by atoms with Crippen molar-refractivity contribution in [1.29, 1.82) is 0 Å². The van der Waals surface area contributed by atoms with Crippen LogP contribution in [-0.2, 0) is 19.1 Å². The SMILES string of the molecule is CCC(C)C(=O)OCCC(=O)OCCC(C)(F)F. The Bertz CT molecular complexity index is 274. The second-order valence-corrected chi connectivity index (χ2v) is 4.27. The van der Waals surface area contributed by atoms with E-state index in [4.69, 9.17) is 4.74 Å². The molecule has 0 rings (SSSR count). The van der Waals surface area contributed by atoms with Crippen LogP contribution in [0.3, 0.4) is 0 Å². The molecule has 0 aliphatic rings. The Balaban J connectivity index is 3.63. The molecule has 0 saturated heterocycles. The molecule has 1 unspecified atom stereocenters. The minimum absolute atomic E-state index is 0.0788. The van der Waals surface area contributed by atoms with Crippen molar-refractivity contribution in [1.82, 2.24) is 0 Å². The van der Waals surface area contributed by atoms with Gasteiger partial charge in [0.25, 0.3) is 0 Å². The molecule has 0 bridgehead atoms. The topological polar surface area (TPSA) is 52.6 Å². The highest BCUT2D eigenvalue weighted by Gasteiger charge is 2.21. The number of alkyl halides is 2. The van der Waals surface area contributed by atoms with Crippen molar-refractivity contribution < 1.29 is 27.8 Å². The molecule has 0 aliphatic heterocycles. The summed E-state index contributed by atoms with van der Waals surface area (Å²) < 4.78 is 34.2. The first-order chi connectivity index (χ1) is 8.26. The van der Waals surface area contributed by atoms with Crippen LogP contribution in [0, 0.1) is 5.92 Å². The first-order valence-corrected chi connectivity index (χ1v) is 5.96. The number of hydrogen-bond donors (Lipinski definition) is 0. The van der Waals surface area contributed by atoms with E-state index in [9.17, 15) is 18.4 Å². The van der Waals surface area contributed by atoms with Gasteiger partial charge in [-0.1, -0.05) is 13.8 Å². The smallest absolute Gasteiger partial charge is 0.309 e. The van der Waals surface area contributed by atoms with E-state index in [0.717, 1.165) is 6.92 Å². The largest absolute Gasteiger partial charge is 0.465 e. The fourth-order valence-electron chi connectivity index (χ4n) is 0.960. The number of carbonyl (C=O) groups excluding carboxylic acids is 2. The molecule has 4 nitrogen and oxygen atoms in total. The quantitative estimate of drug-likeness (QED) is 0.633. The first kappa shape index (κ1) is 16.8. The molecular formula is C12H20F2O4. The van der Waals surface area contributed by atoms with Gasteiger partial charge in [0, 0.05) is 6.42 Å². The zero-order valence-electron chi connectivity index (χ0n) is 11.0. The van der Waals surface area contributed by atoms with Crippen molar-refractivity contribution in [2.24, 2.45) is 5.92 Å². The van der Waals surface area contributed by atoms with Crippen LogP contribution < -0.4 is 0 Å². The van der Waals surface area contributed by atoms with Crippen molar-refractivity contribution in [3.63, 3.8) is 0 Å². The van der Waals surface area contributed by atoms with E-state index in [1.165, 1.54) is 0 Å². The van der Waals surface area contributed by atoms with E-state index in [2.05, 4.69) is 4.74 Å². The maximum Gasteiger partial charge on any atom is 0.309 e. The number of carbonyl (C=O) groups is 2. The van der Waals surface area contributed by atoms with E-state index >= 15 is 0 Å². The van der Waals surface area contributed by atoms with E-state index < -0.39 is 18.3 Å². The highest BCUT2D eigenvalue weighted by molar-refractivity contribution is 5.73. The molecule has 1 atom stereocenters. The minimum Gasteiger partial charge on any atom is -0.465 e. The lowest BCUT2D eigenvalue weighted by Gasteiger charge is -2.11. The maximum atomic E-state index is 12.4. The van der Waals surface area contributed by atoms with Crippen LogP contribution in [-0.4, -0.2) is 31.1 Å². The molecule has 6 heteroatoms. The Morgan fingerprint density at radius 2 is 1.83 bits per heavy atom. The van der Waals surface area contributed by atoms with Gasteiger partial charge in [-0.2, -0.15) is 0 Å². The second kappa shape index (κ2) is 8.00. The van der Waals surface area contributed by atoms with E-state index in [1.54, 1.807) is 6.92 Å². The molecule has 18 heavy (non-hydrogen) atoms. The molecule has 0 aliphatic carbocycles. The fourth-order valence-corrected chi connectivity index (χ4v) is 0.960. The van der Waals surface area contributed by atoms with Gasteiger partial charge in [0.15, 0.2) is 0 Å². The Morgan fingerprint density at radius 3 is 2.33 bits per heavy atom. The van der Waals surface area contributed by atoms with Crippen molar-refractivity contribution in [3.8, 4) is 0 Å². The van der Waals surface area contributed by atoms with Gasteiger partial charge >= 0.3 is 11.9 Å². The van der Waals surface area contributed by atoms with E-state index in [1.807, 2.05) is 6.92 Å². The second-order valence-electron chi connectivity index (χ2n) is 4.27. The fraction of sp³-hybridized carbons (Fsp3) is 0.833. The number of rotatable bonds is 8. The monoisotopic (exact) mass is 266 g/mol. The third-order valence-electron chi connectivity index (χ3n) is 2.37. The lowest BCUT2D eigenvalue weighted by Crippen LogP contribution is -2.19. The molecule has 0 heterocycles. The normalized spacial score (nSPS) is 12.9. The van der Waals surface area contributed by atoms with Gasteiger partial charge in [-0.25, -0.2) is 8.78 Å². The van der Waals surface area contributed by atoms with Crippen LogP contribution in [0.4, 0.5) is 8.78 Å². The Labute approximate surface area is 106 Å². The van der Waals surface area contributed by atoms with Gasteiger partial charge in [0.05, 0.1) is 18.9 Å². The zero-order valence-corrected chi connectivity index (χ0v) is 11.0. The standard InChI is InChI=1S/C12H20F2O4/c1-4-9(2)11(16)18-7-5-10(15)17-8-6-12(3,13)14/h9H,4-8H2,1-3H3. The minimum atomic E-state index is -2.84. The third kappa shape index (κ3) is 8.90. The summed E-state index contributed by atoms with van der Waals surface area (Å²) >= 11 is 0. The van der Waals surface area contributed by atoms with Gasteiger partial charge < -0.3 is 9.47 Å². The Hall–Kier alpha value is -1.20. The van der Waals surface area contributed by atoms with Crippen LogP contribution in [0.2, 0.25) is 0 Å². The Kier molecular flexibility index (Phi) is 7.47. The molecule has 0 aromatic carbocycles. The Morgan fingerprint density at radius 1 is 1.22 bits per heavy atom. The molecule has 106 valence electrons. The van der Waals surface area contributed by atoms with Crippen molar-refractivity contribution in [2.45, 2.75) is 46.0 Å². The van der Waals surface area contributed by atoms with Gasteiger partial charge in [-0.3, -0.25) is 9.59 Å². The summed E-state index contributed by atoms with van der Waals surface area (Å²) in [6.07, 6.45) is 0.0394. The van der Waals surface area contributed by atoms with Gasteiger partial charge in [0.2, 0.25) is 5.92 Å². The number of halogens is 2. The summed E-state index contributed by atoms with van der Waals surface area (Å²) in [5, 5.41) is 0. The van der Waals surface area contributed by atoms with Crippen molar-refractivity contribution >= 4 is 11.9 Å². The molecule has 0 aromatic rings. The lowest BCUT2D eigenvalue weighted by molar-refractivity contribution is -0.152. The van der Waals surface area contributed by atoms with E-state index in [0.29, 0.717) is 6.42 Å². The van der Waals surface area contributed by atoms with Crippen LogP contribution >= 0.6 is 0 Å². The van der Waals surface area contributed by atoms with Crippen LogP contribution in [0.25, 0.3) is 0 Å². The number of hydrogen-bond acceptors (Lipinski definition) is 4. The molecule has 0 radical (unpaired) electrons. The van der Waals surface area contributed by atoms with Crippen LogP contribution in [0.5, 0.6) is 0 Å². The molecule has 0 spiro atoms. The first-order valence-electron chi connectivity index (χ1n) is 5.96. The summed E-state index contributed by atoms with van der Waals surface area (Å²) in [6, 6.07) is 0. The molecule has 0 fully saturated rings. The van der Waals surface area contributed by atoms with Crippen LogP contribution in [0.15, 0.2) is 0 Å². The molecule has 0 amide bonds. The summed E-state index contributed by atoms with van der Waals surface area (Å²) in [7, 11) is 0. The summed E-state index contributed by atoms with van der Waals surface area (Å²) in [6.45, 7) is 3.93. The molecule has 0 N–H and O–H groups in total. The van der Waals surface area contributed by atoms with E-state index in [-0.39, 0.29) is 31.5 Å². The maximum absolute atomic E-state index is 12.4. The third-order valence-corrected chi connectivity index (χ3v) is 2.37. The zero-order chi connectivity index (χ0) is 14.2. The predicted octanol–water partition coefficient (Wildman–Crippen LogP) is 2.55. The molecular weight excluding hydrogens is 246 g/mol. The van der Waals surface area contributed by atoms with Crippen molar-refractivity contribution in [2.75, 3.05) is 13.2 Å². The predicted molar refractivity (Wildman–Crippen MR) is 61.2 cm³/mol. The van der Waals surface area contributed by atoms with Gasteiger partial charge in [-0.15, -0.1) is 0 Å². The average molecular weight is 266 g/mol. The summed E-state index contributed by atoms with van der Waals surface area (Å²) in [5.41, 5.74) is 0. The van der Waals surface area contributed by atoms with Crippen LogP contribution in [0.1, 0.15) is 40.0 Å². The number of ether oxygens (including phenoxy) is 2. The van der Waals surface area contributed by atoms with Gasteiger partial charge in [-0.05, 0) is 13.3 Å².